The van der Waals surface area contributed by atoms with E-state index < -0.39 is 24.3 Å². The zero-order valence-electron chi connectivity index (χ0n) is 22.1. The fraction of sp³-hybridized carbons (Fsp3) is 0.320. The van der Waals surface area contributed by atoms with Gasteiger partial charge in [0, 0.05) is 31.2 Å². The van der Waals surface area contributed by atoms with E-state index in [0.717, 1.165) is 41.5 Å². The van der Waals surface area contributed by atoms with E-state index in [1.807, 2.05) is 18.2 Å². The minimum absolute atomic E-state index is 0.0411. The second kappa shape index (κ2) is 14.0. The van der Waals surface area contributed by atoms with Crippen LogP contribution in [-0.4, -0.2) is 79.1 Å². The summed E-state index contributed by atoms with van der Waals surface area (Å²) < 4.78 is 63.5. The van der Waals surface area contributed by atoms with Crippen molar-refractivity contribution >= 4 is 57.1 Å². The lowest BCUT2D eigenvalue weighted by Gasteiger charge is -2.24. The van der Waals surface area contributed by atoms with Crippen molar-refractivity contribution in [3.05, 3.63) is 47.6 Å². The predicted molar refractivity (Wildman–Crippen MR) is 144 cm³/mol. The van der Waals surface area contributed by atoms with E-state index in [4.69, 9.17) is 31.4 Å². The van der Waals surface area contributed by atoms with Gasteiger partial charge in [-0.25, -0.2) is 24.5 Å². The molecule has 4 N–H and O–H groups in total. The Kier molecular flexibility index (Phi) is 10.7. The van der Waals surface area contributed by atoms with Gasteiger partial charge >= 0.3 is 24.3 Å². The maximum absolute atomic E-state index is 10.6. The van der Waals surface area contributed by atoms with E-state index in [9.17, 15) is 31.6 Å². The van der Waals surface area contributed by atoms with Gasteiger partial charge in [0.1, 0.15) is 11.8 Å². The lowest BCUT2D eigenvalue weighted by atomic mass is 10.0. The van der Waals surface area contributed by atoms with E-state index >= 15 is 0 Å². The number of hydrogen-bond donors (Lipinski definition) is 4. The molecule has 234 valence electrons. The van der Waals surface area contributed by atoms with Crippen LogP contribution in [0, 0.1) is 17.2 Å². The average Bonchev–Trinajstić information content (AvgIpc) is 3.63. The largest absolute Gasteiger partial charge is 0.490 e. The van der Waals surface area contributed by atoms with Crippen LogP contribution < -0.4 is 10.2 Å². The van der Waals surface area contributed by atoms with E-state index in [1.165, 1.54) is 6.33 Å². The molecule has 1 fully saturated rings. The number of pyridine rings is 1. The normalized spacial score (nSPS) is 14.7. The Bertz CT molecular complexity index is 1650. The predicted octanol–water partition coefficient (Wildman–Crippen LogP) is 4.83. The summed E-state index contributed by atoms with van der Waals surface area (Å²) in [6, 6.07) is 8.30. The number of imidazole rings is 1. The standard InChI is InChI=1S/C21H19ClN8.2C2HF3O2/c22-16-8-14(3-6-25-20-18-21(27-11-26-18)29-12-28-20)19(17-15(16)2-1-5-24-17)30-7-4-13(9-23)10-30;2*3-2(4,5)1(6)7/h1-2,5,8,11-13H,3-4,6-7,10H2,(H2,25,26,27,28,29);2*(H,6,7). The summed E-state index contributed by atoms with van der Waals surface area (Å²) in [7, 11) is 0. The first-order valence-electron chi connectivity index (χ1n) is 12.3. The minimum atomic E-state index is -5.08. The molecule has 1 aliphatic rings. The molecule has 1 aromatic carbocycles. The Labute approximate surface area is 248 Å². The van der Waals surface area contributed by atoms with Gasteiger partial charge in [0.05, 0.1) is 34.5 Å². The molecule has 5 rings (SSSR count). The number of rotatable bonds is 5. The third kappa shape index (κ3) is 8.56. The van der Waals surface area contributed by atoms with Crippen molar-refractivity contribution in [1.29, 1.82) is 5.26 Å². The molecule has 0 amide bonds. The Morgan fingerprint density at radius 1 is 1.09 bits per heavy atom. The molecule has 4 heterocycles. The van der Waals surface area contributed by atoms with Crippen LogP contribution in [0.2, 0.25) is 5.02 Å². The average molecular weight is 647 g/mol. The summed E-state index contributed by atoms with van der Waals surface area (Å²) in [4.78, 5) is 40.4. The number of nitrogens with zero attached hydrogens (tertiary/aromatic N) is 6. The van der Waals surface area contributed by atoms with Gasteiger partial charge in [-0.15, -0.1) is 0 Å². The highest BCUT2D eigenvalue weighted by Gasteiger charge is 2.39. The van der Waals surface area contributed by atoms with E-state index in [-0.39, 0.29) is 5.92 Å². The summed E-state index contributed by atoms with van der Waals surface area (Å²) >= 11 is 6.59. The number of H-pyrrole nitrogens is 1. The van der Waals surface area contributed by atoms with E-state index in [0.29, 0.717) is 35.1 Å². The number of carbonyl (C=O) groups is 2. The van der Waals surface area contributed by atoms with Crippen LogP contribution in [0.25, 0.3) is 22.1 Å². The highest BCUT2D eigenvalue weighted by atomic mass is 35.5. The molecule has 0 spiro atoms. The molecule has 1 saturated heterocycles. The second-order valence-corrected chi connectivity index (χ2v) is 9.34. The molecule has 44 heavy (non-hydrogen) atoms. The van der Waals surface area contributed by atoms with Crippen molar-refractivity contribution in [2.75, 3.05) is 29.9 Å². The number of nitrogens with one attached hydrogen (secondary N) is 2. The number of carboxylic acid groups (broad SMARTS) is 2. The molecule has 19 heteroatoms. The summed E-state index contributed by atoms with van der Waals surface area (Å²) in [6.07, 6.45) is -3.67. The fourth-order valence-electron chi connectivity index (χ4n) is 4.06. The van der Waals surface area contributed by atoms with Gasteiger partial charge in [0.25, 0.3) is 0 Å². The van der Waals surface area contributed by atoms with Crippen molar-refractivity contribution in [3.63, 3.8) is 0 Å². The molecule has 1 aliphatic heterocycles. The van der Waals surface area contributed by atoms with Gasteiger partial charge in [0.2, 0.25) is 0 Å². The number of aromatic amines is 1. The molecule has 0 bridgehead atoms. The van der Waals surface area contributed by atoms with Gasteiger partial charge in [-0.2, -0.15) is 31.6 Å². The van der Waals surface area contributed by atoms with Crippen molar-refractivity contribution in [2.24, 2.45) is 5.92 Å². The molecular weight excluding hydrogens is 626 g/mol. The van der Waals surface area contributed by atoms with Crippen molar-refractivity contribution < 1.29 is 46.1 Å². The number of benzene rings is 1. The van der Waals surface area contributed by atoms with Crippen LogP contribution in [-0.2, 0) is 16.0 Å². The first-order valence-corrected chi connectivity index (χ1v) is 12.7. The van der Waals surface area contributed by atoms with Crippen LogP contribution in [0.4, 0.5) is 37.8 Å². The number of nitriles is 1. The van der Waals surface area contributed by atoms with Crippen LogP contribution in [0.15, 0.2) is 37.1 Å². The number of carboxylic acids is 2. The Balaban J connectivity index is 0.000000317. The van der Waals surface area contributed by atoms with Crippen LogP contribution in [0.3, 0.4) is 0 Å². The second-order valence-electron chi connectivity index (χ2n) is 8.93. The van der Waals surface area contributed by atoms with E-state index in [1.54, 1.807) is 12.5 Å². The molecule has 0 radical (unpaired) electrons. The SMILES string of the molecule is N#CC1CCN(c2c(CCNc3ncnc4[nH]cnc34)cc(Cl)c3cccnc23)C1.O=C(O)C(F)(F)F.O=C(O)C(F)(F)F. The van der Waals surface area contributed by atoms with Crippen LogP contribution in [0.5, 0.6) is 0 Å². The first-order chi connectivity index (χ1) is 20.6. The highest BCUT2D eigenvalue weighted by molar-refractivity contribution is 6.36. The number of hydrogen-bond acceptors (Lipinski definition) is 9. The molecule has 3 aromatic heterocycles. The monoisotopic (exact) mass is 646 g/mol. The molecule has 4 aromatic rings. The lowest BCUT2D eigenvalue weighted by molar-refractivity contribution is -0.193. The maximum atomic E-state index is 10.6. The Morgan fingerprint density at radius 3 is 2.34 bits per heavy atom. The van der Waals surface area contributed by atoms with Crippen molar-refractivity contribution in [3.8, 4) is 6.07 Å². The van der Waals surface area contributed by atoms with Crippen molar-refractivity contribution in [1.82, 2.24) is 24.9 Å². The molecule has 12 nitrogen and oxygen atoms in total. The topological polar surface area (TPSA) is 181 Å². The smallest absolute Gasteiger partial charge is 0.475 e. The fourth-order valence-corrected chi connectivity index (χ4v) is 4.34. The summed E-state index contributed by atoms with van der Waals surface area (Å²) in [5.41, 5.74) is 4.47. The van der Waals surface area contributed by atoms with Gasteiger partial charge < -0.3 is 25.4 Å². The van der Waals surface area contributed by atoms with Gasteiger partial charge in [-0.05, 0) is 36.6 Å². The third-order valence-corrected chi connectivity index (χ3v) is 6.28. The quantitative estimate of drug-likeness (QED) is 0.218. The van der Waals surface area contributed by atoms with E-state index in [2.05, 4.69) is 41.2 Å². The molecule has 1 atom stereocenters. The zero-order valence-corrected chi connectivity index (χ0v) is 22.9. The summed E-state index contributed by atoms with van der Waals surface area (Å²) in [6.45, 7) is 2.20. The molecular formula is C25H21ClF6N8O4. The number of fused-ring (bicyclic) bond motifs is 2. The third-order valence-electron chi connectivity index (χ3n) is 5.97. The zero-order chi connectivity index (χ0) is 32.7. The first kappa shape index (κ1) is 33.6. The van der Waals surface area contributed by atoms with Gasteiger partial charge in [-0.1, -0.05) is 11.6 Å². The number of anilines is 2. The van der Waals surface area contributed by atoms with Crippen molar-refractivity contribution in [2.45, 2.75) is 25.2 Å². The van der Waals surface area contributed by atoms with Gasteiger partial charge in [-0.3, -0.25) is 4.98 Å². The number of aromatic nitrogens is 5. The summed E-state index contributed by atoms with van der Waals surface area (Å²) in [5, 5.41) is 28.6. The number of aliphatic carboxylic acids is 2. The Hall–Kier alpha value is -4.92. The molecule has 1 unspecified atom stereocenters. The van der Waals surface area contributed by atoms with Gasteiger partial charge in [0.15, 0.2) is 11.5 Å². The number of alkyl halides is 6. The van der Waals surface area contributed by atoms with Crippen LogP contribution in [0.1, 0.15) is 12.0 Å². The minimum Gasteiger partial charge on any atom is -0.475 e. The lowest BCUT2D eigenvalue weighted by Crippen LogP contribution is -2.22. The summed E-state index contributed by atoms with van der Waals surface area (Å²) in [5.74, 6) is -4.78. The highest BCUT2D eigenvalue weighted by Crippen LogP contribution is 2.37. The molecule has 0 aliphatic carbocycles. The van der Waals surface area contributed by atoms with Crippen LogP contribution >= 0.6 is 11.6 Å². The maximum Gasteiger partial charge on any atom is 0.490 e. The Morgan fingerprint density at radius 2 is 1.75 bits per heavy atom. The number of halogens is 7. The molecule has 0 saturated carbocycles.